The molecule has 8 heteroatoms. The number of furan rings is 1. The number of sulfonamides is 1. The Kier molecular flexibility index (Phi) is 6.55. The molecule has 0 bridgehead atoms. The summed E-state index contributed by atoms with van der Waals surface area (Å²) in [5, 5.41) is 2.81. The molecule has 1 saturated heterocycles. The second-order valence-electron chi connectivity index (χ2n) is 5.77. The quantitative estimate of drug-likeness (QED) is 0.805. The highest BCUT2D eigenvalue weighted by atomic mass is 32.2. The molecule has 1 aliphatic heterocycles. The van der Waals surface area contributed by atoms with Crippen molar-refractivity contribution in [2.24, 2.45) is 0 Å². The van der Waals surface area contributed by atoms with Crippen LogP contribution in [-0.4, -0.2) is 50.3 Å². The summed E-state index contributed by atoms with van der Waals surface area (Å²) in [5.41, 5.74) is 0. The van der Waals surface area contributed by atoms with Gasteiger partial charge in [0, 0.05) is 19.1 Å². The van der Waals surface area contributed by atoms with Crippen molar-refractivity contribution in [1.29, 1.82) is 0 Å². The van der Waals surface area contributed by atoms with Crippen molar-refractivity contribution in [1.82, 2.24) is 9.62 Å². The molecule has 1 aromatic rings. The number of carbonyl (C=O) groups is 1. The van der Waals surface area contributed by atoms with Crippen molar-refractivity contribution < 1.29 is 17.6 Å². The summed E-state index contributed by atoms with van der Waals surface area (Å²) in [6, 6.07) is 3.45. The molecular weight excluding hydrogens is 336 g/mol. The SMILES string of the molecule is CSCc1ccc(C(=O)NCCC2CCCCN2S(C)(=O)=O)o1. The first-order valence-electron chi connectivity index (χ1n) is 7.74. The van der Waals surface area contributed by atoms with Crippen LogP contribution in [0.1, 0.15) is 42.0 Å². The van der Waals surface area contributed by atoms with E-state index in [4.69, 9.17) is 4.42 Å². The molecule has 1 amide bonds. The van der Waals surface area contributed by atoms with Crippen LogP contribution in [0.2, 0.25) is 0 Å². The number of amides is 1. The third kappa shape index (κ3) is 5.26. The minimum absolute atomic E-state index is 0.0253. The molecule has 1 unspecified atom stereocenters. The van der Waals surface area contributed by atoms with Crippen LogP contribution in [0.15, 0.2) is 16.5 Å². The number of thioether (sulfide) groups is 1. The van der Waals surface area contributed by atoms with Crippen LogP contribution in [0, 0.1) is 0 Å². The Labute approximate surface area is 142 Å². The fourth-order valence-electron chi connectivity index (χ4n) is 2.86. The number of piperidine rings is 1. The van der Waals surface area contributed by atoms with Gasteiger partial charge in [-0.2, -0.15) is 16.1 Å². The van der Waals surface area contributed by atoms with Gasteiger partial charge in [0.2, 0.25) is 10.0 Å². The van der Waals surface area contributed by atoms with E-state index in [2.05, 4.69) is 5.32 Å². The first kappa shape index (κ1) is 18.4. The Bertz CT molecular complexity index is 627. The van der Waals surface area contributed by atoms with Crippen molar-refractivity contribution in [3.8, 4) is 0 Å². The van der Waals surface area contributed by atoms with Gasteiger partial charge in [0.05, 0.1) is 12.0 Å². The highest BCUT2D eigenvalue weighted by Crippen LogP contribution is 2.22. The Morgan fingerprint density at radius 1 is 1.43 bits per heavy atom. The monoisotopic (exact) mass is 360 g/mol. The number of hydrogen-bond acceptors (Lipinski definition) is 5. The van der Waals surface area contributed by atoms with Gasteiger partial charge in [-0.1, -0.05) is 6.42 Å². The standard InChI is InChI=1S/C15H24N2O4S2/c1-22-11-13-6-7-14(21-13)15(18)16-9-8-12-5-3-4-10-17(12)23(2,19)20/h6-7,12H,3-5,8-11H2,1-2H3,(H,16,18). The summed E-state index contributed by atoms with van der Waals surface area (Å²) in [6.07, 6.45) is 6.63. The maximum Gasteiger partial charge on any atom is 0.286 e. The van der Waals surface area contributed by atoms with Gasteiger partial charge in [0.15, 0.2) is 5.76 Å². The Balaban J connectivity index is 1.84. The van der Waals surface area contributed by atoms with Crippen LogP contribution in [-0.2, 0) is 15.8 Å². The van der Waals surface area contributed by atoms with Gasteiger partial charge in [0.25, 0.3) is 5.91 Å². The topological polar surface area (TPSA) is 79.6 Å². The molecule has 0 radical (unpaired) electrons. The first-order valence-corrected chi connectivity index (χ1v) is 11.0. The molecule has 23 heavy (non-hydrogen) atoms. The molecule has 0 saturated carbocycles. The second-order valence-corrected chi connectivity index (χ2v) is 8.57. The van der Waals surface area contributed by atoms with E-state index < -0.39 is 10.0 Å². The lowest BCUT2D eigenvalue weighted by molar-refractivity contribution is 0.0920. The molecule has 1 fully saturated rings. The van der Waals surface area contributed by atoms with Gasteiger partial charge < -0.3 is 9.73 Å². The third-order valence-electron chi connectivity index (χ3n) is 3.93. The zero-order chi connectivity index (χ0) is 16.9. The zero-order valence-electron chi connectivity index (χ0n) is 13.6. The zero-order valence-corrected chi connectivity index (χ0v) is 15.2. The molecular formula is C15H24N2O4S2. The van der Waals surface area contributed by atoms with Crippen molar-refractivity contribution in [3.05, 3.63) is 23.7 Å². The lowest BCUT2D eigenvalue weighted by Gasteiger charge is -2.33. The molecule has 6 nitrogen and oxygen atoms in total. The van der Waals surface area contributed by atoms with Crippen LogP contribution in [0.4, 0.5) is 0 Å². The molecule has 1 atom stereocenters. The smallest absolute Gasteiger partial charge is 0.286 e. The molecule has 1 aromatic heterocycles. The fourth-order valence-corrected chi connectivity index (χ4v) is 4.51. The van der Waals surface area contributed by atoms with Gasteiger partial charge in [-0.25, -0.2) is 8.42 Å². The van der Waals surface area contributed by atoms with Crippen molar-refractivity contribution in [2.45, 2.75) is 37.5 Å². The second kappa shape index (κ2) is 8.21. The van der Waals surface area contributed by atoms with Gasteiger partial charge >= 0.3 is 0 Å². The van der Waals surface area contributed by atoms with Gasteiger partial charge in [-0.05, 0) is 37.7 Å². The largest absolute Gasteiger partial charge is 0.455 e. The predicted molar refractivity (Wildman–Crippen MR) is 92.1 cm³/mol. The number of nitrogens with zero attached hydrogens (tertiary/aromatic N) is 1. The number of carbonyl (C=O) groups excluding carboxylic acids is 1. The van der Waals surface area contributed by atoms with E-state index in [1.807, 2.05) is 6.26 Å². The molecule has 130 valence electrons. The summed E-state index contributed by atoms with van der Waals surface area (Å²) in [6.45, 7) is 1.02. The number of hydrogen-bond donors (Lipinski definition) is 1. The molecule has 0 aromatic carbocycles. The average Bonchev–Trinajstić information content (AvgIpc) is 2.96. The van der Waals surface area contributed by atoms with Crippen LogP contribution in [0.5, 0.6) is 0 Å². The normalized spacial score (nSPS) is 19.7. The van der Waals surface area contributed by atoms with Gasteiger partial charge in [0.1, 0.15) is 5.76 Å². The van der Waals surface area contributed by atoms with Crippen molar-refractivity contribution in [2.75, 3.05) is 25.6 Å². The maximum absolute atomic E-state index is 12.0. The Morgan fingerprint density at radius 2 is 2.22 bits per heavy atom. The molecule has 2 heterocycles. The lowest BCUT2D eigenvalue weighted by Crippen LogP contribution is -2.44. The molecule has 1 N–H and O–H groups in total. The molecule has 2 rings (SSSR count). The Morgan fingerprint density at radius 3 is 2.91 bits per heavy atom. The lowest BCUT2D eigenvalue weighted by atomic mass is 10.0. The predicted octanol–water partition coefficient (Wildman–Crippen LogP) is 2.08. The van der Waals surface area contributed by atoms with Crippen LogP contribution < -0.4 is 5.32 Å². The summed E-state index contributed by atoms with van der Waals surface area (Å²) in [5.74, 6) is 1.56. The van der Waals surface area contributed by atoms with Crippen LogP contribution in [0.25, 0.3) is 0 Å². The summed E-state index contributed by atoms with van der Waals surface area (Å²) >= 11 is 1.63. The first-order chi connectivity index (χ1) is 10.9. The maximum atomic E-state index is 12.0. The van der Waals surface area contributed by atoms with E-state index in [1.165, 1.54) is 6.26 Å². The van der Waals surface area contributed by atoms with E-state index in [1.54, 1.807) is 28.2 Å². The van der Waals surface area contributed by atoms with E-state index in [9.17, 15) is 13.2 Å². The van der Waals surface area contributed by atoms with Gasteiger partial charge in [-0.3, -0.25) is 4.79 Å². The molecule has 0 spiro atoms. The number of rotatable bonds is 7. The molecule has 1 aliphatic rings. The average molecular weight is 361 g/mol. The van der Waals surface area contributed by atoms with Gasteiger partial charge in [-0.15, -0.1) is 0 Å². The fraction of sp³-hybridized carbons (Fsp3) is 0.667. The third-order valence-corrected chi connectivity index (χ3v) is 5.84. The summed E-state index contributed by atoms with van der Waals surface area (Å²) in [7, 11) is -3.18. The highest BCUT2D eigenvalue weighted by Gasteiger charge is 2.28. The van der Waals surface area contributed by atoms with E-state index in [-0.39, 0.29) is 11.9 Å². The van der Waals surface area contributed by atoms with Crippen molar-refractivity contribution in [3.63, 3.8) is 0 Å². The highest BCUT2D eigenvalue weighted by molar-refractivity contribution is 7.97. The molecule has 0 aliphatic carbocycles. The minimum Gasteiger partial charge on any atom is -0.455 e. The summed E-state index contributed by atoms with van der Waals surface area (Å²) < 4.78 is 30.6. The number of nitrogens with one attached hydrogen (secondary N) is 1. The van der Waals surface area contributed by atoms with Crippen LogP contribution in [0.3, 0.4) is 0 Å². The minimum atomic E-state index is -3.18. The van der Waals surface area contributed by atoms with Crippen molar-refractivity contribution >= 4 is 27.7 Å². The van der Waals surface area contributed by atoms with E-state index >= 15 is 0 Å². The van der Waals surface area contributed by atoms with E-state index in [0.717, 1.165) is 30.8 Å². The summed E-state index contributed by atoms with van der Waals surface area (Å²) in [4.78, 5) is 12.0. The Hall–Kier alpha value is -0.990. The van der Waals surface area contributed by atoms with E-state index in [0.29, 0.717) is 25.3 Å². The van der Waals surface area contributed by atoms with Crippen LogP contribution >= 0.6 is 11.8 Å².